The van der Waals surface area contributed by atoms with Crippen LogP contribution in [0.25, 0.3) is 16.5 Å². The molecule has 1 heterocycles. The van der Waals surface area contributed by atoms with Gasteiger partial charge in [0.05, 0.1) is 5.70 Å². The number of benzene rings is 1. The van der Waals surface area contributed by atoms with Crippen LogP contribution in [0.15, 0.2) is 30.6 Å². The molecule has 0 aliphatic heterocycles. The summed E-state index contributed by atoms with van der Waals surface area (Å²) >= 11 is 0. The van der Waals surface area contributed by atoms with Crippen LogP contribution in [0.3, 0.4) is 0 Å². The van der Waals surface area contributed by atoms with Gasteiger partial charge < -0.3 is 22.5 Å². The molecule has 7 N–H and O–H groups in total. The Morgan fingerprint density at radius 1 is 1.38 bits per heavy atom. The van der Waals surface area contributed by atoms with Crippen LogP contribution in [0.4, 0.5) is 5.82 Å². The molecule has 0 saturated heterocycles. The lowest BCUT2D eigenvalue weighted by atomic mass is 10.0. The van der Waals surface area contributed by atoms with E-state index in [0.717, 1.165) is 34.4 Å². The molecule has 0 aliphatic carbocycles. The molecule has 0 saturated carbocycles. The number of nitrogens with one attached hydrogen (secondary N) is 2. The van der Waals surface area contributed by atoms with Gasteiger partial charge in [-0.05, 0) is 48.6 Å². The van der Waals surface area contributed by atoms with E-state index in [1.54, 1.807) is 6.20 Å². The molecule has 21 heavy (non-hydrogen) atoms. The van der Waals surface area contributed by atoms with Gasteiger partial charge in [-0.25, -0.2) is 4.98 Å². The maximum Gasteiger partial charge on any atom is 0.126 e. The Balaban J connectivity index is 0. The topological polar surface area (TPSA) is 98.0 Å². The fourth-order valence-corrected chi connectivity index (χ4v) is 2.12. The van der Waals surface area contributed by atoms with Crippen LogP contribution in [0.2, 0.25) is 0 Å². The largest absolute Gasteiger partial charge is 0.397 e. The van der Waals surface area contributed by atoms with E-state index in [1.165, 1.54) is 5.56 Å². The SMILES string of the molecule is C.CCNc1cc2cc(/C(N)=C/NC)cc(C)c2cn1.N.[HH]. The van der Waals surface area contributed by atoms with Gasteiger partial charge in [-0.3, -0.25) is 0 Å². The summed E-state index contributed by atoms with van der Waals surface area (Å²) in [5, 5.41) is 8.48. The molecule has 0 spiro atoms. The van der Waals surface area contributed by atoms with Crippen LogP contribution >= 0.6 is 0 Å². The fraction of sp³-hybridized carbons (Fsp3) is 0.312. The number of nitrogens with zero attached hydrogens (tertiary/aromatic N) is 1. The molecule has 2 rings (SSSR count). The van der Waals surface area contributed by atoms with E-state index in [-0.39, 0.29) is 15.0 Å². The third-order valence-electron chi connectivity index (χ3n) is 3.03. The van der Waals surface area contributed by atoms with Gasteiger partial charge in [-0.2, -0.15) is 0 Å². The molecule has 0 bridgehead atoms. The third kappa shape index (κ3) is 4.10. The molecule has 1 aromatic heterocycles. The summed E-state index contributed by atoms with van der Waals surface area (Å²) < 4.78 is 0. The molecule has 1 aromatic carbocycles. The molecule has 0 fully saturated rings. The van der Waals surface area contributed by atoms with E-state index in [2.05, 4.69) is 47.7 Å². The van der Waals surface area contributed by atoms with Gasteiger partial charge in [0.2, 0.25) is 0 Å². The zero-order valence-electron chi connectivity index (χ0n) is 12.3. The van der Waals surface area contributed by atoms with E-state index >= 15 is 0 Å². The van der Waals surface area contributed by atoms with E-state index in [1.807, 2.05) is 13.2 Å². The van der Waals surface area contributed by atoms with Gasteiger partial charge in [0.15, 0.2) is 0 Å². The summed E-state index contributed by atoms with van der Waals surface area (Å²) in [7, 11) is 1.84. The maximum absolute atomic E-state index is 6.03. The Bertz CT molecular complexity index is 625. The molecule has 0 amide bonds. The Labute approximate surface area is 128 Å². The van der Waals surface area contributed by atoms with Crippen LogP contribution in [0, 0.1) is 6.92 Å². The van der Waals surface area contributed by atoms with Crippen LogP contribution in [-0.4, -0.2) is 18.6 Å². The number of hydrogen-bond acceptors (Lipinski definition) is 5. The summed E-state index contributed by atoms with van der Waals surface area (Å²) in [6, 6.07) is 6.23. The van der Waals surface area contributed by atoms with Crippen molar-refractivity contribution in [2.75, 3.05) is 18.9 Å². The summed E-state index contributed by atoms with van der Waals surface area (Å²) in [5.74, 6) is 0.891. The van der Waals surface area contributed by atoms with Gasteiger partial charge in [0.1, 0.15) is 5.82 Å². The monoisotopic (exact) mass is 291 g/mol. The van der Waals surface area contributed by atoms with Gasteiger partial charge >= 0.3 is 0 Å². The third-order valence-corrected chi connectivity index (χ3v) is 3.03. The predicted octanol–water partition coefficient (Wildman–Crippen LogP) is 3.50. The number of nitrogens with two attached hydrogens (primary N) is 1. The number of hydrogen-bond donors (Lipinski definition) is 4. The van der Waals surface area contributed by atoms with Crippen molar-refractivity contribution < 1.29 is 1.43 Å². The lowest BCUT2D eigenvalue weighted by Crippen LogP contribution is -2.04. The molecule has 5 nitrogen and oxygen atoms in total. The highest BCUT2D eigenvalue weighted by atomic mass is 15.0. The van der Waals surface area contributed by atoms with Crippen LogP contribution in [0.5, 0.6) is 0 Å². The van der Waals surface area contributed by atoms with Crippen molar-refractivity contribution >= 4 is 22.3 Å². The average molecular weight is 291 g/mol. The molecule has 118 valence electrons. The Morgan fingerprint density at radius 2 is 2.10 bits per heavy atom. The van der Waals surface area contributed by atoms with Crippen molar-refractivity contribution in [2.24, 2.45) is 5.73 Å². The summed E-state index contributed by atoms with van der Waals surface area (Å²) in [4.78, 5) is 4.40. The predicted molar refractivity (Wildman–Crippen MR) is 95.7 cm³/mol. The van der Waals surface area contributed by atoms with Gasteiger partial charge in [0.25, 0.3) is 0 Å². The lowest BCUT2D eigenvalue weighted by Gasteiger charge is -2.09. The molecule has 5 heteroatoms. The highest BCUT2D eigenvalue weighted by Gasteiger charge is 2.05. The number of aromatic nitrogens is 1. The van der Waals surface area contributed by atoms with E-state index in [0.29, 0.717) is 0 Å². The van der Waals surface area contributed by atoms with Crippen molar-refractivity contribution in [3.63, 3.8) is 0 Å². The molecule has 0 radical (unpaired) electrons. The van der Waals surface area contributed by atoms with Crippen molar-refractivity contribution in [1.82, 2.24) is 16.5 Å². The summed E-state index contributed by atoms with van der Waals surface area (Å²) in [5.41, 5.74) is 8.96. The quantitative estimate of drug-likeness (QED) is 0.691. The Hall–Kier alpha value is -2.27. The molecular formula is C16H29N5. The first kappa shape index (κ1) is 18.7. The van der Waals surface area contributed by atoms with Crippen LogP contribution in [0.1, 0.15) is 26.9 Å². The number of rotatable bonds is 4. The number of aryl methyl sites for hydroxylation is 1. The molecule has 0 aliphatic rings. The zero-order chi connectivity index (χ0) is 13.8. The van der Waals surface area contributed by atoms with Crippen LogP contribution < -0.4 is 22.5 Å². The average Bonchev–Trinajstić information content (AvgIpc) is 2.39. The van der Waals surface area contributed by atoms with E-state index in [9.17, 15) is 0 Å². The standard InChI is InChI=1S/C15H20N4.CH4.H3N.H2/c1-4-18-15-7-11-6-12(14(16)9-17-3)5-10(2)13(11)8-19-15;;;/h5-9,17H,4,16H2,1-3H3,(H,18,19);1H4;1H3;1H/b14-9-;;;. The number of anilines is 1. The van der Waals surface area contributed by atoms with Crippen LogP contribution in [-0.2, 0) is 0 Å². The first-order chi connectivity index (χ1) is 9.15. The maximum atomic E-state index is 6.03. The molecule has 2 aromatic rings. The molecule has 0 atom stereocenters. The van der Waals surface area contributed by atoms with Crippen molar-refractivity contribution in [3.8, 4) is 0 Å². The highest BCUT2D eigenvalue weighted by Crippen LogP contribution is 2.24. The zero-order valence-corrected chi connectivity index (χ0v) is 12.3. The summed E-state index contributed by atoms with van der Waals surface area (Å²) in [6.07, 6.45) is 3.71. The second-order valence-electron chi connectivity index (χ2n) is 4.50. The lowest BCUT2D eigenvalue weighted by molar-refractivity contribution is 1.10. The molecular weight excluding hydrogens is 262 g/mol. The Morgan fingerprint density at radius 3 is 2.71 bits per heavy atom. The van der Waals surface area contributed by atoms with Gasteiger partial charge in [-0.1, -0.05) is 7.43 Å². The van der Waals surface area contributed by atoms with E-state index < -0.39 is 0 Å². The molecule has 0 unspecified atom stereocenters. The van der Waals surface area contributed by atoms with Gasteiger partial charge in [0, 0.05) is 32.8 Å². The fourth-order valence-electron chi connectivity index (χ4n) is 2.12. The van der Waals surface area contributed by atoms with Gasteiger partial charge in [-0.15, -0.1) is 0 Å². The second kappa shape index (κ2) is 8.11. The minimum Gasteiger partial charge on any atom is -0.397 e. The normalized spacial score (nSPS) is 10.5. The Kier molecular flexibility index (Phi) is 7.24. The van der Waals surface area contributed by atoms with Crippen molar-refractivity contribution in [2.45, 2.75) is 21.3 Å². The first-order valence-corrected chi connectivity index (χ1v) is 6.43. The number of fused-ring (bicyclic) bond motifs is 1. The second-order valence-corrected chi connectivity index (χ2v) is 4.50. The highest BCUT2D eigenvalue weighted by molar-refractivity contribution is 5.89. The van der Waals surface area contributed by atoms with E-state index in [4.69, 9.17) is 5.73 Å². The smallest absolute Gasteiger partial charge is 0.126 e. The van der Waals surface area contributed by atoms with Crippen molar-refractivity contribution in [1.29, 1.82) is 0 Å². The summed E-state index contributed by atoms with van der Waals surface area (Å²) in [6.45, 7) is 4.99. The minimum absolute atomic E-state index is 0. The van der Waals surface area contributed by atoms with Crippen molar-refractivity contribution in [3.05, 3.63) is 41.7 Å². The minimum atomic E-state index is 0. The first-order valence-electron chi connectivity index (χ1n) is 6.43. The number of pyridine rings is 1.